The van der Waals surface area contributed by atoms with Gasteiger partial charge in [-0.25, -0.2) is 4.85 Å². The fourth-order valence-corrected chi connectivity index (χ4v) is 4.46. The molecular formula is C20H18N4O3. The second kappa shape index (κ2) is 5.68. The Morgan fingerprint density at radius 1 is 1.15 bits per heavy atom. The van der Waals surface area contributed by atoms with Crippen molar-refractivity contribution in [3.8, 4) is 11.3 Å². The molecule has 27 heavy (non-hydrogen) atoms. The average Bonchev–Trinajstić information content (AvgIpc) is 3.07. The molecule has 0 unspecified atom stereocenters. The molecule has 0 atom stereocenters. The van der Waals surface area contributed by atoms with Crippen LogP contribution in [0.2, 0.25) is 0 Å². The molecule has 2 aromatic rings. The van der Waals surface area contributed by atoms with Gasteiger partial charge >= 0.3 is 11.8 Å². The topological polar surface area (TPSA) is 71.0 Å². The summed E-state index contributed by atoms with van der Waals surface area (Å²) in [7, 11) is 0. The first-order valence-corrected chi connectivity index (χ1v) is 9.12. The van der Waals surface area contributed by atoms with Crippen LogP contribution in [0.3, 0.4) is 0 Å². The summed E-state index contributed by atoms with van der Waals surface area (Å²) in [4.78, 5) is 31.8. The van der Waals surface area contributed by atoms with Crippen LogP contribution < -0.4 is 0 Å². The number of nitrogens with zero attached hydrogens (tertiary/aromatic N) is 4. The lowest BCUT2D eigenvalue weighted by atomic mass is 9.49. The molecule has 2 heterocycles. The Hall–Kier alpha value is -3.14. The molecule has 136 valence electrons. The van der Waals surface area contributed by atoms with Crippen molar-refractivity contribution >= 4 is 17.5 Å². The van der Waals surface area contributed by atoms with Gasteiger partial charge in [-0.05, 0) is 25.2 Å². The van der Waals surface area contributed by atoms with Crippen molar-refractivity contribution in [1.29, 1.82) is 0 Å². The number of carbonyl (C=O) groups is 2. The molecule has 2 bridgehead atoms. The molecule has 1 aromatic heterocycles. The van der Waals surface area contributed by atoms with E-state index in [1.54, 1.807) is 40.1 Å². The molecule has 0 spiro atoms. The highest BCUT2D eigenvalue weighted by Crippen LogP contribution is 2.60. The third-order valence-electron chi connectivity index (χ3n) is 6.08. The normalized spacial score (nSPS) is 26.4. The predicted molar refractivity (Wildman–Crippen MR) is 95.4 cm³/mol. The summed E-state index contributed by atoms with van der Waals surface area (Å²) in [6, 6.07) is 8.82. The van der Waals surface area contributed by atoms with Gasteiger partial charge < -0.3 is 14.3 Å². The molecule has 0 radical (unpaired) electrons. The van der Waals surface area contributed by atoms with E-state index in [1.165, 1.54) is 0 Å². The lowest BCUT2D eigenvalue weighted by Crippen LogP contribution is -2.73. The van der Waals surface area contributed by atoms with E-state index in [1.807, 2.05) is 0 Å². The van der Waals surface area contributed by atoms with E-state index in [2.05, 4.69) is 10.0 Å². The van der Waals surface area contributed by atoms with Crippen molar-refractivity contribution in [3.05, 3.63) is 47.4 Å². The monoisotopic (exact) mass is 362 g/mol. The predicted octanol–water partition coefficient (Wildman–Crippen LogP) is 2.62. The van der Waals surface area contributed by atoms with Crippen molar-refractivity contribution in [1.82, 2.24) is 15.0 Å². The summed E-state index contributed by atoms with van der Waals surface area (Å²) in [6.45, 7) is 8.38. The molecule has 3 saturated carbocycles. The average molecular weight is 362 g/mol. The Balaban J connectivity index is 1.27. The van der Waals surface area contributed by atoms with Gasteiger partial charge in [-0.15, -0.1) is 0 Å². The van der Waals surface area contributed by atoms with E-state index < -0.39 is 5.91 Å². The molecule has 4 aliphatic rings. The Labute approximate surface area is 156 Å². The molecule has 4 fully saturated rings. The lowest BCUT2D eigenvalue weighted by molar-refractivity contribution is -0.186. The van der Waals surface area contributed by atoms with Crippen LogP contribution in [-0.4, -0.2) is 45.4 Å². The van der Waals surface area contributed by atoms with Crippen LogP contribution in [0.1, 0.15) is 25.0 Å². The summed E-state index contributed by atoms with van der Waals surface area (Å²) >= 11 is 0. The fraction of sp³-hybridized carbons (Fsp3) is 0.400. The number of amides is 2. The molecule has 2 amide bonds. The highest BCUT2D eigenvalue weighted by molar-refractivity contribution is 6.35. The molecule has 3 aliphatic carbocycles. The van der Waals surface area contributed by atoms with E-state index in [-0.39, 0.29) is 18.0 Å². The van der Waals surface area contributed by atoms with Crippen molar-refractivity contribution in [2.75, 3.05) is 13.1 Å². The molecule has 1 saturated heterocycles. The summed E-state index contributed by atoms with van der Waals surface area (Å²) in [5.74, 6) is 0.519. The van der Waals surface area contributed by atoms with Gasteiger partial charge in [-0.2, -0.15) is 0 Å². The van der Waals surface area contributed by atoms with Gasteiger partial charge in [0.25, 0.3) is 0 Å². The van der Waals surface area contributed by atoms with Crippen molar-refractivity contribution in [3.63, 3.8) is 0 Å². The zero-order valence-electron chi connectivity index (χ0n) is 14.7. The van der Waals surface area contributed by atoms with Crippen LogP contribution in [0.25, 0.3) is 16.2 Å². The maximum atomic E-state index is 12.5. The number of carbonyl (C=O) groups excluding carboxylic acids is 2. The van der Waals surface area contributed by atoms with Crippen LogP contribution in [0.15, 0.2) is 34.9 Å². The molecule has 7 nitrogen and oxygen atoms in total. The number of hydrogen-bond donors (Lipinski definition) is 0. The third-order valence-corrected chi connectivity index (χ3v) is 6.08. The zero-order chi connectivity index (χ0) is 18.6. The number of benzene rings is 1. The molecule has 6 rings (SSSR count). The zero-order valence-corrected chi connectivity index (χ0v) is 14.7. The molecule has 7 heteroatoms. The molecular weight excluding hydrogens is 344 g/mol. The maximum absolute atomic E-state index is 12.5. The van der Waals surface area contributed by atoms with E-state index in [4.69, 9.17) is 11.1 Å². The van der Waals surface area contributed by atoms with E-state index >= 15 is 0 Å². The minimum atomic E-state index is -0.447. The fourth-order valence-electron chi connectivity index (χ4n) is 4.46. The molecule has 0 N–H and O–H groups in total. The summed E-state index contributed by atoms with van der Waals surface area (Å²) in [6.07, 6.45) is 3.18. The van der Waals surface area contributed by atoms with Gasteiger partial charge in [0.05, 0.1) is 13.1 Å². The number of piperazine rings is 1. The first-order valence-electron chi connectivity index (χ1n) is 9.12. The Morgan fingerprint density at radius 2 is 1.89 bits per heavy atom. The molecule has 1 aromatic carbocycles. The third kappa shape index (κ3) is 2.44. The van der Waals surface area contributed by atoms with Gasteiger partial charge in [0.15, 0.2) is 11.4 Å². The van der Waals surface area contributed by atoms with E-state index in [9.17, 15) is 9.59 Å². The Bertz CT molecular complexity index is 955. The van der Waals surface area contributed by atoms with E-state index in [0.29, 0.717) is 30.2 Å². The molecule has 1 aliphatic heterocycles. The SMILES string of the molecule is [C-]#[N+]c1ccc(-c2cc(CN3CCN(C45CC(C4)C5)C(=O)C3=O)no2)cc1. The Morgan fingerprint density at radius 3 is 2.52 bits per heavy atom. The summed E-state index contributed by atoms with van der Waals surface area (Å²) in [5.41, 5.74) is 1.97. The second-order valence-corrected chi connectivity index (χ2v) is 7.73. The Kier molecular flexibility index (Phi) is 3.38. The second-order valence-electron chi connectivity index (χ2n) is 7.73. The van der Waals surface area contributed by atoms with Crippen molar-refractivity contribution in [2.45, 2.75) is 31.3 Å². The summed E-state index contributed by atoms with van der Waals surface area (Å²) in [5, 5.41) is 4.04. The first-order chi connectivity index (χ1) is 13.1. The number of rotatable bonds is 4. The van der Waals surface area contributed by atoms with Gasteiger partial charge in [0.2, 0.25) is 0 Å². The highest BCUT2D eigenvalue weighted by Gasteiger charge is 2.62. The van der Waals surface area contributed by atoms with Crippen LogP contribution in [0.4, 0.5) is 5.69 Å². The van der Waals surface area contributed by atoms with Crippen LogP contribution in [0, 0.1) is 12.5 Å². The van der Waals surface area contributed by atoms with Crippen LogP contribution in [0.5, 0.6) is 0 Å². The van der Waals surface area contributed by atoms with E-state index in [0.717, 1.165) is 30.7 Å². The quantitative estimate of drug-likeness (QED) is 0.619. The maximum Gasteiger partial charge on any atom is 0.312 e. The van der Waals surface area contributed by atoms with Crippen molar-refractivity contribution in [2.24, 2.45) is 5.92 Å². The van der Waals surface area contributed by atoms with Gasteiger partial charge in [0, 0.05) is 30.3 Å². The first kappa shape index (κ1) is 16.1. The van der Waals surface area contributed by atoms with Gasteiger partial charge in [-0.3, -0.25) is 9.59 Å². The minimum absolute atomic E-state index is 0.0118. The summed E-state index contributed by atoms with van der Waals surface area (Å²) < 4.78 is 5.38. The smallest absolute Gasteiger partial charge is 0.312 e. The lowest BCUT2D eigenvalue weighted by Gasteiger charge is -2.66. The number of aromatic nitrogens is 1. The van der Waals surface area contributed by atoms with Gasteiger partial charge in [0.1, 0.15) is 5.69 Å². The largest absolute Gasteiger partial charge is 0.356 e. The number of hydrogen-bond acceptors (Lipinski definition) is 4. The minimum Gasteiger partial charge on any atom is -0.356 e. The van der Waals surface area contributed by atoms with Crippen LogP contribution in [-0.2, 0) is 16.1 Å². The van der Waals surface area contributed by atoms with Crippen molar-refractivity contribution < 1.29 is 14.1 Å². The van der Waals surface area contributed by atoms with Crippen LogP contribution >= 0.6 is 0 Å². The highest BCUT2D eigenvalue weighted by atomic mass is 16.5. The standard InChI is InChI=1S/C20H18N4O3/c1-21-15-4-2-14(3-5-15)17-8-16(22-27-17)12-23-6-7-24(19(26)18(23)25)20-9-13(10-20)11-20/h2-5,8,13H,6-7,9-12H2. The van der Waals surface area contributed by atoms with Gasteiger partial charge in [-0.1, -0.05) is 29.4 Å².